The largest absolute Gasteiger partial charge is 0.368 e. The molecule has 0 radical (unpaired) electrons. The van der Waals surface area contributed by atoms with Crippen LogP contribution < -0.4 is 15.5 Å². The van der Waals surface area contributed by atoms with Crippen molar-refractivity contribution in [2.24, 2.45) is 0 Å². The van der Waals surface area contributed by atoms with Crippen molar-refractivity contribution in [1.29, 1.82) is 0 Å². The van der Waals surface area contributed by atoms with Crippen LogP contribution >= 0.6 is 0 Å². The summed E-state index contributed by atoms with van der Waals surface area (Å²) >= 11 is 0. The highest BCUT2D eigenvalue weighted by atomic mass is 16.1. The van der Waals surface area contributed by atoms with Crippen LogP contribution in [0.5, 0.6) is 0 Å². The first-order chi connectivity index (χ1) is 16.6. The summed E-state index contributed by atoms with van der Waals surface area (Å²) in [5, 5.41) is 7.43. The van der Waals surface area contributed by atoms with Crippen LogP contribution in [0.2, 0.25) is 0 Å². The van der Waals surface area contributed by atoms with E-state index in [1.54, 1.807) is 0 Å². The minimum absolute atomic E-state index is 0.0653. The summed E-state index contributed by atoms with van der Waals surface area (Å²) in [7, 11) is 2.15. The van der Waals surface area contributed by atoms with Crippen LogP contribution in [-0.4, -0.2) is 59.0 Å². The van der Waals surface area contributed by atoms with E-state index in [1.807, 2.05) is 37.5 Å². The van der Waals surface area contributed by atoms with Crippen LogP contribution in [0.1, 0.15) is 21.6 Å². The van der Waals surface area contributed by atoms with Crippen LogP contribution in [0.3, 0.4) is 0 Å². The van der Waals surface area contributed by atoms with Gasteiger partial charge < -0.3 is 25.4 Å². The van der Waals surface area contributed by atoms with Gasteiger partial charge in [-0.05, 0) is 61.0 Å². The van der Waals surface area contributed by atoms with E-state index in [2.05, 4.69) is 60.6 Å². The molecule has 0 unspecified atom stereocenters. The number of likely N-dealkylation sites (N-methyl/N-ethyl adjacent to an activating group) is 1. The minimum Gasteiger partial charge on any atom is -0.368 e. The molecule has 0 spiro atoms. The summed E-state index contributed by atoms with van der Waals surface area (Å²) in [4.78, 5) is 29.9. The van der Waals surface area contributed by atoms with E-state index in [0.717, 1.165) is 76.8 Å². The highest BCUT2D eigenvalue weighted by Gasteiger charge is 2.27. The number of nitrogens with zero attached hydrogens (tertiary/aromatic N) is 4. The highest BCUT2D eigenvalue weighted by Crippen LogP contribution is 2.38. The van der Waals surface area contributed by atoms with Gasteiger partial charge in [0.2, 0.25) is 0 Å². The second-order valence-corrected chi connectivity index (χ2v) is 9.07. The van der Waals surface area contributed by atoms with Crippen LogP contribution in [0, 0.1) is 6.92 Å². The lowest BCUT2D eigenvalue weighted by Gasteiger charge is -2.33. The van der Waals surface area contributed by atoms with Gasteiger partial charge in [0.1, 0.15) is 11.5 Å². The average Bonchev–Trinajstić information content (AvgIpc) is 3.47. The molecule has 0 bridgehead atoms. The molecule has 3 N–H and O–H groups in total. The Morgan fingerprint density at radius 3 is 2.68 bits per heavy atom. The van der Waals surface area contributed by atoms with Gasteiger partial charge in [0.05, 0.1) is 23.1 Å². The number of fused-ring (bicyclic) bond motifs is 2. The van der Waals surface area contributed by atoms with E-state index >= 15 is 0 Å². The van der Waals surface area contributed by atoms with Crippen LogP contribution in [0.4, 0.5) is 17.2 Å². The molecule has 0 aliphatic carbocycles. The predicted molar refractivity (Wildman–Crippen MR) is 135 cm³/mol. The van der Waals surface area contributed by atoms with Crippen molar-refractivity contribution in [3.63, 3.8) is 0 Å². The van der Waals surface area contributed by atoms with Gasteiger partial charge in [-0.3, -0.25) is 4.79 Å². The lowest BCUT2D eigenvalue weighted by Crippen LogP contribution is -2.44. The number of H-pyrrole nitrogens is 1. The van der Waals surface area contributed by atoms with Crippen molar-refractivity contribution >= 4 is 34.1 Å². The SMILES string of the molecule is Cc1cc(-c2ccc(Nc3ccc(N4CCN(C)CC4)cn3)c3c2CNC3=O)c2cc[nH]c2n1. The Hall–Kier alpha value is -3.91. The maximum Gasteiger partial charge on any atom is 0.254 e. The van der Waals surface area contributed by atoms with E-state index in [1.165, 1.54) is 0 Å². The van der Waals surface area contributed by atoms with Crippen molar-refractivity contribution in [3.8, 4) is 11.1 Å². The molecule has 0 saturated carbocycles. The maximum absolute atomic E-state index is 12.8. The number of rotatable bonds is 4. The summed E-state index contributed by atoms with van der Waals surface area (Å²) in [6.45, 7) is 6.61. The zero-order valence-electron chi connectivity index (χ0n) is 19.4. The maximum atomic E-state index is 12.8. The minimum atomic E-state index is -0.0653. The monoisotopic (exact) mass is 453 g/mol. The van der Waals surface area contributed by atoms with Gasteiger partial charge in [-0.2, -0.15) is 0 Å². The number of aromatic nitrogens is 3. The third-order valence-corrected chi connectivity index (χ3v) is 6.79. The Labute approximate surface area is 198 Å². The first-order valence-electron chi connectivity index (χ1n) is 11.6. The first-order valence-corrected chi connectivity index (χ1v) is 11.6. The molecule has 3 aromatic heterocycles. The van der Waals surface area contributed by atoms with E-state index in [4.69, 9.17) is 0 Å². The van der Waals surface area contributed by atoms with Gasteiger partial charge in [0.15, 0.2) is 0 Å². The molecule has 5 heterocycles. The summed E-state index contributed by atoms with van der Waals surface area (Å²) in [5.74, 6) is 0.657. The molecule has 8 nitrogen and oxygen atoms in total. The molecule has 0 atom stereocenters. The number of amides is 1. The van der Waals surface area contributed by atoms with Gasteiger partial charge in [-0.15, -0.1) is 0 Å². The lowest BCUT2D eigenvalue weighted by atomic mass is 9.94. The molecule has 1 fully saturated rings. The van der Waals surface area contributed by atoms with Crippen LogP contribution in [0.25, 0.3) is 22.2 Å². The van der Waals surface area contributed by atoms with Crippen molar-refractivity contribution in [2.75, 3.05) is 43.4 Å². The molecule has 1 aromatic carbocycles. The van der Waals surface area contributed by atoms with Gasteiger partial charge >= 0.3 is 0 Å². The van der Waals surface area contributed by atoms with Crippen molar-refractivity contribution in [2.45, 2.75) is 13.5 Å². The molecule has 8 heteroatoms. The Kier molecular flexibility index (Phi) is 4.95. The third kappa shape index (κ3) is 3.56. The second-order valence-electron chi connectivity index (χ2n) is 9.07. The van der Waals surface area contributed by atoms with Crippen LogP contribution in [-0.2, 0) is 6.54 Å². The molecule has 4 aromatic rings. The Balaban J connectivity index is 1.33. The number of carbonyl (C=O) groups excluding carboxylic acids is 1. The fourth-order valence-electron chi connectivity index (χ4n) is 4.94. The second kappa shape index (κ2) is 8.14. The van der Waals surface area contributed by atoms with Gasteiger partial charge in [-0.25, -0.2) is 9.97 Å². The Morgan fingerprint density at radius 1 is 1.03 bits per heavy atom. The normalized spacial score (nSPS) is 16.1. The molecule has 34 heavy (non-hydrogen) atoms. The standard InChI is InChI=1S/C26H27N7O/c1-16-13-20(19-7-8-27-25(19)30-16)18-4-5-22(24-21(18)15-29-26(24)34)31-23-6-3-17(14-28-23)33-11-9-32(2)10-12-33/h3-8,13-14H,9-12,15H2,1-2H3,(H,27,30)(H,28,31)(H,29,34). The molecule has 172 valence electrons. The molecule has 2 aliphatic heterocycles. The number of hydrogen-bond acceptors (Lipinski definition) is 6. The number of aryl methyl sites for hydroxylation is 1. The number of benzene rings is 1. The van der Waals surface area contributed by atoms with Gasteiger partial charge in [0, 0.05) is 50.0 Å². The molecular formula is C26H27N7O. The fraction of sp³-hybridized carbons (Fsp3) is 0.269. The zero-order chi connectivity index (χ0) is 23.2. The molecule has 6 rings (SSSR count). The van der Waals surface area contributed by atoms with E-state index in [-0.39, 0.29) is 5.91 Å². The fourth-order valence-corrected chi connectivity index (χ4v) is 4.94. The predicted octanol–water partition coefficient (Wildman–Crippen LogP) is 3.67. The quantitative estimate of drug-likeness (QED) is 0.437. The van der Waals surface area contributed by atoms with Gasteiger partial charge in [0.25, 0.3) is 5.91 Å². The van der Waals surface area contributed by atoms with Crippen molar-refractivity contribution in [3.05, 3.63) is 65.6 Å². The topological polar surface area (TPSA) is 89.2 Å². The summed E-state index contributed by atoms with van der Waals surface area (Å²) in [6.07, 6.45) is 3.81. The molecule has 1 saturated heterocycles. The van der Waals surface area contributed by atoms with Crippen LogP contribution in [0.15, 0.2) is 48.8 Å². The number of hydrogen-bond donors (Lipinski definition) is 3. The van der Waals surface area contributed by atoms with E-state index in [0.29, 0.717) is 12.1 Å². The molecule has 2 aliphatic rings. The van der Waals surface area contributed by atoms with Crippen molar-refractivity contribution < 1.29 is 4.79 Å². The number of aromatic amines is 1. The first kappa shape index (κ1) is 20.7. The number of carbonyl (C=O) groups is 1. The Morgan fingerprint density at radius 2 is 1.88 bits per heavy atom. The summed E-state index contributed by atoms with van der Waals surface area (Å²) in [5.41, 5.74) is 7.49. The lowest BCUT2D eigenvalue weighted by molar-refractivity contribution is 0.0966. The van der Waals surface area contributed by atoms with E-state index in [9.17, 15) is 4.79 Å². The summed E-state index contributed by atoms with van der Waals surface area (Å²) in [6, 6.07) is 12.3. The Bertz CT molecular complexity index is 1380. The van der Waals surface area contributed by atoms with E-state index < -0.39 is 0 Å². The average molecular weight is 454 g/mol. The molecule has 1 amide bonds. The highest BCUT2D eigenvalue weighted by molar-refractivity contribution is 6.07. The zero-order valence-corrected chi connectivity index (χ0v) is 19.4. The van der Waals surface area contributed by atoms with Gasteiger partial charge in [-0.1, -0.05) is 6.07 Å². The third-order valence-electron chi connectivity index (χ3n) is 6.79. The number of pyridine rings is 2. The molecular weight excluding hydrogens is 426 g/mol. The van der Waals surface area contributed by atoms with Crippen molar-refractivity contribution in [1.82, 2.24) is 25.2 Å². The smallest absolute Gasteiger partial charge is 0.254 e. The number of nitrogens with one attached hydrogen (secondary N) is 3. The number of anilines is 3. The summed E-state index contributed by atoms with van der Waals surface area (Å²) < 4.78 is 0. The number of piperazine rings is 1.